The number of methoxy groups -OCH3 is 1. The van der Waals surface area contributed by atoms with E-state index < -0.39 is 17.6 Å². The average molecular weight is 706 g/mol. The van der Waals surface area contributed by atoms with E-state index in [0.717, 1.165) is 34.3 Å². The molecule has 13 heteroatoms. The zero-order valence-electron chi connectivity index (χ0n) is 27.6. The van der Waals surface area contributed by atoms with E-state index in [1.807, 2.05) is 53.4 Å². The number of rotatable bonds is 10. The van der Waals surface area contributed by atoms with E-state index in [9.17, 15) is 18.0 Å². The number of ether oxygens (including phenoxy) is 2. The molecule has 1 amide bonds. The molecule has 0 N–H and O–H groups in total. The summed E-state index contributed by atoms with van der Waals surface area (Å²) in [5.74, 6) is -4.47. The lowest BCUT2D eigenvalue weighted by Gasteiger charge is -2.33. The van der Waals surface area contributed by atoms with Crippen LogP contribution in [-0.2, 0) is 22.6 Å². The average Bonchev–Trinajstić information content (AvgIpc) is 3.83. The van der Waals surface area contributed by atoms with Gasteiger partial charge in [-0.1, -0.05) is 30.8 Å². The molecule has 2 aliphatic heterocycles. The first-order valence-electron chi connectivity index (χ1n) is 16.3. The maximum Gasteiger partial charge on any atom is 0.261 e. The Morgan fingerprint density at radius 3 is 2.58 bits per heavy atom. The number of carbonyl (C=O) groups is 1. The van der Waals surface area contributed by atoms with Crippen molar-refractivity contribution in [3.05, 3.63) is 89.5 Å². The SMILES string of the molecule is C=CC(=O)N1CCn2nc(-c3nc(-c4ccc(CN5CCC(F)(F)C5)cc4)c4ccsc4c3-c3c(F)cc(F)cc3OCCOC)cc2C1C. The summed E-state index contributed by atoms with van der Waals surface area (Å²) in [7, 11) is 1.51. The van der Waals surface area contributed by atoms with Crippen LogP contribution in [0.25, 0.3) is 43.9 Å². The van der Waals surface area contributed by atoms with Crippen molar-refractivity contribution in [2.45, 2.75) is 38.4 Å². The van der Waals surface area contributed by atoms with Gasteiger partial charge >= 0.3 is 0 Å². The lowest BCUT2D eigenvalue weighted by molar-refractivity contribution is -0.129. The number of halogens is 4. The minimum Gasteiger partial charge on any atom is -0.490 e. The number of nitrogens with zero attached hydrogens (tertiary/aromatic N) is 5. The molecule has 1 unspecified atom stereocenters. The number of fused-ring (bicyclic) bond motifs is 2. The summed E-state index contributed by atoms with van der Waals surface area (Å²) in [4.78, 5) is 21.2. The Balaban J connectivity index is 1.39. The number of hydrogen-bond donors (Lipinski definition) is 0. The maximum absolute atomic E-state index is 16.1. The second-order valence-electron chi connectivity index (χ2n) is 12.6. The number of carbonyl (C=O) groups excluding carboxylic acids is 1. The quantitative estimate of drug-likeness (QED) is 0.0842. The Hall–Kier alpha value is -4.59. The van der Waals surface area contributed by atoms with E-state index in [-0.39, 0.29) is 49.4 Å². The molecule has 50 heavy (non-hydrogen) atoms. The third kappa shape index (κ3) is 6.40. The molecule has 0 aliphatic carbocycles. The largest absolute Gasteiger partial charge is 0.490 e. The van der Waals surface area contributed by atoms with Crippen molar-refractivity contribution in [2.24, 2.45) is 0 Å². The third-order valence-electron chi connectivity index (χ3n) is 9.26. The summed E-state index contributed by atoms with van der Waals surface area (Å²) in [5.41, 5.74) is 4.31. The minimum absolute atomic E-state index is 0.00184. The monoisotopic (exact) mass is 705 g/mol. The fourth-order valence-corrected chi connectivity index (χ4v) is 7.76. The van der Waals surface area contributed by atoms with Crippen molar-refractivity contribution in [1.82, 2.24) is 24.6 Å². The highest BCUT2D eigenvalue weighted by molar-refractivity contribution is 7.18. The van der Waals surface area contributed by atoms with Crippen LogP contribution in [0, 0.1) is 11.6 Å². The van der Waals surface area contributed by atoms with E-state index in [0.29, 0.717) is 53.5 Å². The standard InChI is InChI=1S/C37H35F4N5O3S/c1-4-31(47)45-12-13-46-29(22(45)2)19-28(43-46)35-33(32-27(39)17-25(38)18-30(32)49-15-14-48-3)36-26(9-16-50-36)34(42-35)24-7-5-23(6-8-24)20-44-11-10-37(40,41)21-44/h4-9,16-19,22H,1,10-15,20-21H2,2-3H3. The first kappa shape index (κ1) is 33.9. The van der Waals surface area contributed by atoms with Gasteiger partial charge in [0.2, 0.25) is 5.91 Å². The summed E-state index contributed by atoms with van der Waals surface area (Å²) >= 11 is 1.39. The van der Waals surface area contributed by atoms with Gasteiger partial charge in [0.25, 0.3) is 5.92 Å². The van der Waals surface area contributed by atoms with Gasteiger partial charge in [-0.15, -0.1) is 11.3 Å². The number of aromatic nitrogens is 3. The molecule has 0 saturated carbocycles. The van der Waals surface area contributed by atoms with E-state index in [4.69, 9.17) is 19.6 Å². The molecule has 0 radical (unpaired) electrons. The van der Waals surface area contributed by atoms with Gasteiger partial charge in [0.05, 0.1) is 42.7 Å². The summed E-state index contributed by atoms with van der Waals surface area (Å²) in [5, 5.41) is 7.54. The first-order valence-corrected chi connectivity index (χ1v) is 17.2. The molecule has 3 aromatic heterocycles. The van der Waals surface area contributed by atoms with E-state index >= 15 is 4.39 Å². The van der Waals surface area contributed by atoms with Crippen molar-refractivity contribution in [3.8, 4) is 39.5 Å². The summed E-state index contributed by atoms with van der Waals surface area (Å²) in [6.07, 6.45) is 1.14. The number of pyridine rings is 1. The predicted octanol–water partition coefficient (Wildman–Crippen LogP) is 7.73. The van der Waals surface area contributed by atoms with Crippen molar-refractivity contribution in [1.29, 1.82) is 0 Å². The highest BCUT2D eigenvalue weighted by Crippen LogP contribution is 2.47. The molecule has 8 nitrogen and oxygen atoms in total. The molecule has 5 aromatic rings. The molecule has 1 fully saturated rings. The number of thiophene rings is 1. The van der Waals surface area contributed by atoms with E-state index in [1.54, 1.807) is 9.80 Å². The summed E-state index contributed by atoms with van der Waals surface area (Å²) in [6.45, 7) is 7.15. The fraction of sp³-hybridized carbons (Fsp3) is 0.324. The predicted molar refractivity (Wildman–Crippen MR) is 184 cm³/mol. The summed E-state index contributed by atoms with van der Waals surface area (Å²) in [6, 6.07) is 13.0. The minimum atomic E-state index is -2.67. The molecule has 2 aromatic carbocycles. The normalized spacial score (nSPS) is 17.3. The van der Waals surface area contributed by atoms with Gasteiger partial charge in [-0.2, -0.15) is 5.10 Å². The van der Waals surface area contributed by atoms with Gasteiger partial charge in [-0.05, 0) is 36.1 Å². The number of benzene rings is 2. The Bertz CT molecular complexity index is 2080. The number of alkyl halides is 2. The summed E-state index contributed by atoms with van der Waals surface area (Å²) < 4.78 is 71.9. The van der Waals surface area contributed by atoms with Gasteiger partial charge in [0, 0.05) is 66.5 Å². The first-order chi connectivity index (χ1) is 24.1. The number of likely N-dealkylation sites (tertiary alicyclic amines) is 1. The highest BCUT2D eigenvalue weighted by Gasteiger charge is 2.38. The van der Waals surface area contributed by atoms with Crippen LogP contribution in [0.4, 0.5) is 17.6 Å². The smallest absolute Gasteiger partial charge is 0.261 e. The second kappa shape index (κ2) is 13.6. The molecule has 2 aliphatic rings. The van der Waals surface area contributed by atoms with E-state index in [1.165, 1.54) is 24.5 Å². The molecule has 0 spiro atoms. The van der Waals surface area contributed by atoms with Gasteiger partial charge in [0.15, 0.2) is 0 Å². The topological polar surface area (TPSA) is 72.7 Å². The van der Waals surface area contributed by atoms with Crippen LogP contribution in [0.15, 0.2) is 66.6 Å². The Morgan fingerprint density at radius 2 is 1.86 bits per heavy atom. The molecular weight excluding hydrogens is 670 g/mol. The molecule has 260 valence electrons. The van der Waals surface area contributed by atoms with Crippen molar-refractivity contribution in [3.63, 3.8) is 0 Å². The zero-order chi connectivity index (χ0) is 35.2. The molecule has 1 atom stereocenters. The Labute approximate surface area is 290 Å². The third-order valence-corrected chi connectivity index (χ3v) is 10.2. The van der Waals surface area contributed by atoms with Crippen molar-refractivity contribution >= 4 is 27.3 Å². The van der Waals surface area contributed by atoms with Crippen LogP contribution < -0.4 is 4.74 Å². The Morgan fingerprint density at radius 1 is 1.06 bits per heavy atom. The van der Waals surface area contributed by atoms with Gasteiger partial charge in [0.1, 0.15) is 35.4 Å². The molecule has 7 rings (SSSR count). The lowest BCUT2D eigenvalue weighted by atomic mass is 9.96. The van der Waals surface area contributed by atoms with Crippen LogP contribution in [0.2, 0.25) is 0 Å². The van der Waals surface area contributed by atoms with Crippen LogP contribution in [0.5, 0.6) is 5.75 Å². The molecule has 0 bridgehead atoms. The van der Waals surface area contributed by atoms with Crippen molar-refractivity contribution < 1.29 is 31.8 Å². The van der Waals surface area contributed by atoms with Gasteiger partial charge < -0.3 is 14.4 Å². The van der Waals surface area contributed by atoms with Crippen LogP contribution >= 0.6 is 11.3 Å². The number of amides is 1. The maximum atomic E-state index is 16.1. The number of hydrogen-bond acceptors (Lipinski definition) is 7. The zero-order valence-corrected chi connectivity index (χ0v) is 28.4. The fourth-order valence-electron chi connectivity index (χ4n) is 6.81. The van der Waals surface area contributed by atoms with Gasteiger partial charge in [-0.25, -0.2) is 22.5 Å². The van der Waals surface area contributed by atoms with E-state index in [2.05, 4.69) is 6.58 Å². The van der Waals surface area contributed by atoms with Crippen LogP contribution in [0.1, 0.15) is 30.6 Å². The van der Waals surface area contributed by atoms with Crippen LogP contribution in [0.3, 0.4) is 0 Å². The molecular formula is C37H35F4N5O3S. The van der Waals surface area contributed by atoms with Crippen molar-refractivity contribution in [2.75, 3.05) is 40.0 Å². The molecule has 5 heterocycles. The van der Waals surface area contributed by atoms with Gasteiger partial charge in [-0.3, -0.25) is 14.4 Å². The highest BCUT2D eigenvalue weighted by atomic mass is 32.1. The second-order valence-corrected chi connectivity index (χ2v) is 13.5. The van der Waals surface area contributed by atoms with Crippen LogP contribution in [-0.4, -0.2) is 76.4 Å². The Kier molecular flexibility index (Phi) is 9.22. The lowest BCUT2D eigenvalue weighted by Crippen LogP contribution is -2.40. The molecule has 1 saturated heterocycles.